The Labute approximate surface area is 141 Å². The molecule has 0 saturated carbocycles. The van der Waals surface area contributed by atoms with Crippen molar-refractivity contribution in [2.75, 3.05) is 36.4 Å². The number of hydrogen-bond donors (Lipinski definition) is 3. The first kappa shape index (κ1) is 20.4. The molecule has 0 spiro atoms. The van der Waals surface area contributed by atoms with Gasteiger partial charge in [-0.25, -0.2) is 4.98 Å². The molecule has 2 amide bonds. The van der Waals surface area contributed by atoms with Gasteiger partial charge in [0.05, 0.1) is 18.4 Å². The van der Waals surface area contributed by atoms with E-state index >= 15 is 0 Å². The zero-order chi connectivity index (χ0) is 14.4. The molecular formula is C13H21Cl2N5O2. The molecule has 0 atom stereocenters. The van der Waals surface area contributed by atoms with Crippen molar-refractivity contribution < 1.29 is 9.59 Å². The van der Waals surface area contributed by atoms with E-state index in [2.05, 4.69) is 15.6 Å². The van der Waals surface area contributed by atoms with E-state index in [0.717, 1.165) is 12.4 Å². The summed E-state index contributed by atoms with van der Waals surface area (Å²) >= 11 is 0. The van der Waals surface area contributed by atoms with E-state index in [4.69, 9.17) is 5.73 Å². The average Bonchev–Trinajstić information content (AvgIpc) is 2.46. The highest BCUT2D eigenvalue weighted by atomic mass is 35.5. The summed E-state index contributed by atoms with van der Waals surface area (Å²) in [5.41, 5.74) is 6.00. The summed E-state index contributed by atoms with van der Waals surface area (Å²) in [5.74, 6) is 0.666. The van der Waals surface area contributed by atoms with Gasteiger partial charge in [-0.2, -0.15) is 0 Å². The molecule has 0 aromatic carbocycles. The van der Waals surface area contributed by atoms with Gasteiger partial charge in [-0.1, -0.05) is 0 Å². The van der Waals surface area contributed by atoms with E-state index in [-0.39, 0.29) is 36.6 Å². The van der Waals surface area contributed by atoms with Crippen LogP contribution in [0.4, 0.5) is 11.5 Å². The molecule has 1 aliphatic rings. The standard InChI is InChI=1S/C13H19N5O2.2ClH/c14-5-1-2-12(19)17-10-3-4-11(16-8-10)18-7-6-15-13(20)9-18;;/h3-4,8H,1-2,5-7,9,14H2,(H,15,20)(H,17,19);2*1H. The van der Waals surface area contributed by atoms with Crippen molar-refractivity contribution in [2.45, 2.75) is 12.8 Å². The molecule has 7 nitrogen and oxygen atoms in total. The molecule has 1 aromatic heterocycles. The minimum Gasteiger partial charge on any atom is -0.353 e. The van der Waals surface area contributed by atoms with Gasteiger partial charge in [-0.15, -0.1) is 24.8 Å². The predicted molar refractivity (Wildman–Crippen MR) is 90.9 cm³/mol. The highest BCUT2D eigenvalue weighted by Gasteiger charge is 2.17. The topological polar surface area (TPSA) is 100 Å². The van der Waals surface area contributed by atoms with Gasteiger partial charge >= 0.3 is 0 Å². The Morgan fingerprint density at radius 2 is 2.18 bits per heavy atom. The van der Waals surface area contributed by atoms with Crippen LogP contribution in [0.15, 0.2) is 18.3 Å². The lowest BCUT2D eigenvalue weighted by atomic mass is 10.3. The number of aromatic nitrogens is 1. The lowest BCUT2D eigenvalue weighted by Crippen LogP contribution is -2.48. The Balaban J connectivity index is 0.00000220. The van der Waals surface area contributed by atoms with Crippen molar-refractivity contribution in [3.8, 4) is 0 Å². The fraction of sp³-hybridized carbons (Fsp3) is 0.462. The van der Waals surface area contributed by atoms with Crippen LogP contribution >= 0.6 is 24.8 Å². The zero-order valence-electron chi connectivity index (χ0n) is 12.1. The first-order chi connectivity index (χ1) is 9.69. The molecule has 0 unspecified atom stereocenters. The molecule has 22 heavy (non-hydrogen) atoms. The molecule has 9 heteroatoms. The van der Waals surface area contributed by atoms with Crippen LogP contribution in [-0.2, 0) is 9.59 Å². The number of nitrogens with zero attached hydrogens (tertiary/aromatic N) is 2. The average molecular weight is 350 g/mol. The maximum absolute atomic E-state index is 11.5. The van der Waals surface area contributed by atoms with Crippen LogP contribution in [0.1, 0.15) is 12.8 Å². The lowest BCUT2D eigenvalue weighted by molar-refractivity contribution is -0.120. The second-order valence-electron chi connectivity index (χ2n) is 4.62. The maximum Gasteiger partial charge on any atom is 0.239 e. The molecule has 2 heterocycles. The molecule has 1 fully saturated rings. The number of halogens is 2. The third-order valence-electron chi connectivity index (χ3n) is 3.00. The second-order valence-corrected chi connectivity index (χ2v) is 4.62. The highest BCUT2D eigenvalue weighted by molar-refractivity contribution is 5.90. The summed E-state index contributed by atoms with van der Waals surface area (Å²) in [5, 5.41) is 5.52. The maximum atomic E-state index is 11.5. The molecule has 124 valence electrons. The number of rotatable bonds is 5. The molecule has 1 aliphatic heterocycles. The quantitative estimate of drug-likeness (QED) is 0.720. The van der Waals surface area contributed by atoms with E-state index in [0.29, 0.717) is 38.2 Å². The van der Waals surface area contributed by atoms with Crippen LogP contribution < -0.4 is 21.3 Å². The van der Waals surface area contributed by atoms with E-state index in [9.17, 15) is 9.59 Å². The number of nitrogens with two attached hydrogens (primary N) is 1. The number of carbonyl (C=O) groups excluding carboxylic acids is 2. The fourth-order valence-electron chi connectivity index (χ4n) is 1.97. The van der Waals surface area contributed by atoms with Crippen molar-refractivity contribution in [2.24, 2.45) is 5.73 Å². The SMILES string of the molecule is Cl.Cl.NCCCC(=O)Nc1ccc(N2CCNC(=O)C2)nc1. The van der Waals surface area contributed by atoms with Crippen molar-refractivity contribution in [1.29, 1.82) is 0 Å². The highest BCUT2D eigenvalue weighted by Crippen LogP contribution is 2.15. The molecule has 0 aliphatic carbocycles. The van der Waals surface area contributed by atoms with Gasteiger partial charge < -0.3 is 21.3 Å². The summed E-state index contributed by atoms with van der Waals surface area (Å²) in [4.78, 5) is 29.0. The van der Waals surface area contributed by atoms with Gasteiger partial charge in [0.25, 0.3) is 0 Å². The van der Waals surface area contributed by atoms with Crippen molar-refractivity contribution >= 4 is 48.1 Å². The third-order valence-corrected chi connectivity index (χ3v) is 3.00. The molecular weight excluding hydrogens is 329 g/mol. The van der Waals surface area contributed by atoms with Crippen LogP contribution in [-0.4, -0.2) is 43.0 Å². The number of hydrogen-bond acceptors (Lipinski definition) is 5. The molecule has 1 saturated heterocycles. The Bertz CT molecular complexity index is 484. The van der Waals surface area contributed by atoms with Gasteiger partial charge in [0.15, 0.2) is 0 Å². The Kier molecular flexibility index (Phi) is 9.48. The number of nitrogens with one attached hydrogen (secondary N) is 2. The van der Waals surface area contributed by atoms with Crippen LogP contribution in [0.2, 0.25) is 0 Å². The number of carbonyl (C=O) groups is 2. The third kappa shape index (κ3) is 6.05. The number of pyridine rings is 1. The summed E-state index contributed by atoms with van der Waals surface area (Å²) in [6.07, 6.45) is 2.67. The van der Waals surface area contributed by atoms with Crippen molar-refractivity contribution in [3.05, 3.63) is 18.3 Å². The number of anilines is 2. The van der Waals surface area contributed by atoms with Crippen LogP contribution in [0, 0.1) is 0 Å². The molecule has 1 aromatic rings. The first-order valence-corrected chi connectivity index (χ1v) is 6.66. The lowest BCUT2D eigenvalue weighted by Gasteiger charge is -2.27. The van der Waals surface area contributed by atoms with Gasteiger partial charge in [0, 0.05) is 19.5 Å². The second kappa shape index (κ2) is 10.2. The minimum absolute atomic E-state index is 0. The number of piperazine rings is 1. The summed E-state index contributed by atoms with van der Waals surface area (Å²) in [6, 6.07) is 3.59. The Morgan fingerprint density at radius 3 is 2.77 bits per heavy atom. The Hall–Kier alpha value is -1.57. The molecule has 4 N–H and O–H groups in total. The van der Waals surface area contributed by atoms with Crippen molar-refractivity contribution in [1.82, 2.24) is 10.3 Å². The van der Waals surface area contributed by atoms with Gasteiger partial charge in [0.1, 0.15) is 5.82 Å². The van der Waals surface area contributed by atoms with Gasteiger partial charge in [-0.3, -0.25) is 9.59 Å². The van der Waals surface area contributed by atoms with Gasteiger partial charge in [0.2, 0.25) is 11.8 Å². The van der Waals surface area contributed by atoms with Crippen LogP contribution in [0.5, 0.6) is 0 Å². The molecule has 2 rings (SSSR count). The van der Waals surface area contributed by atoms with Crippen molar-refractivity contribution in [3.63, 3.8) is 0 Å². The smallest absolute Gasteiger partial charge is 0.239 e. The van der Waals surface area contributed by atoms with E-state index < -0.39 is 0 Å². The monoisotopic (exact) mass is 349 g/mol. The van der Waals surface area contributed by atoms with E-state index in [1.165, 1.54) is 0 Å². The molecule has 0 radical (unpaired) electrons. The van der Waals surface area contributed by atoms with Crippen LogP contribution in [0.25, 0.3) is 0 Å². The minimum atomic E-state index is -0.0673. The number of amides is 2. The summed E-state index contributed by atoms with van der Waals surface area (Å²) in [6.45, 7) is 2.18. The summed E-state index contributed by atoms with van der Waals surface area (Å²) in [7, 11) is 0. The Morgan fingerprint density at radius 1 is 1.41 bits per heavy atom. The van der Waals surface area contributed by atoms with Crippen LogP contribution in [0.3, 0.4) is 0 Å². The van der Waals surface area contributed by atoms with E-state index in [1.807, 2.05) is 4.90 Å². The first-order valence-electron chi connectivity index (χ1n) is 6.66. The molecule has 0 bridgehead atoms. The normalized spacial score (nSPS) is 13.5. The fourth-order valence-corrected chi connectivity index (χ4v) is 1.97. The largest absolute Gasteiger partial charge is 0.353 e. The van der Waals surface area contributed by atoms with Gasteiger partial charge in [-0.05, 0) is 25.1 Å². The summed E-state index contributed by atoms with van der Waals surface area (Å²) < 4.78 is 0. The zero-order valence-corrected chi connectivity index (χ0v) is 13.7. The predicted octanol–water partition coefficient (Wildman–Crippen LogP) is 0.539. The van der Waals surface area contributed by atoms with E-state index in [1.54, 1.807) is 18.3 Å².